The highest BCUT2D eigenvalue weighted by Gasteiger charge is 2.15. The van der Waals surface area contributed by atoms with Gasteiger partial charge in [0.2, 0.25) is 5.89 Å². The van der Waals surface area contributed by atoms with Crippen molar-refractivity contribution in [3.8, 4) is 17.2 Å². The van der Waals surface area contributed by atoms with E-state index in [1.165, 1.54) is 42.1 Å². The molecule has 1 aromatic heterocycles. The molecule has 4 aromatic rings. The Morgan fingerprint density at radius 2 is 1.62 bits per heavy atom. The zero-order valence-corrected chi connectivity index (χ0v) is 19.1. The highest BCUT2D eigenvalue weighted by Crippen LogP contribution is 2.27. The van der Waals surface area contributed by atoms with E-state index in [2.05, 4.69) is 46.1 Å². The van der Waals surface area contributed by atoms with Crippen LogP contribution in [-0.4, -0.2) is 25.7 Å². The molecular weight excluding hydrogens is 446 g/mol. The fraction of sp³-hybridized carbons (Fsp3) is 0.130. The minimum Gasteiger partial charge on any atom is -0.497 e. The van der Waals surface area contributed by atoms with Crippen molar-refractivity contribution in [2.24, 2.45) is 0 Å². The molecule has 9 heteroatoms. The van der Waals surface area contributed by atoms with Gasteiger partial charge in [0.05, 0.1) is 12.0 Å². The molecule has 0 atom stereocenters. The molecule has 0 aliphatic carbocycles. The second kappa shape index (κ2) is 9.46. The van der Waals surface area contributed by atoms with Crippen LogP contribution in [0.4, 0.5) is 5.69 Å². The summed E-state index contributed by atoms with van der Waals surface area (Å²) < 4.78 is 38.5. The van der Waals surface area contributed by atoms with Gasteiger partial charge in [-0.25, -0.2) is 8.42 Å². The summed E-state index contributed by atoms with van der Waals surface area (Å²) in [6.07, 6.45) is 0. The van der Waals surface area contributed by atoms with Crippen molar-refractivity contribution in [3.05, 3.63) is 83.9 Å². The fourth-order valence-electron chi connectivity index (χ4n) is 2.86. The average molecular weight is 468 g/mol. The van der Waals surface area contributed by atoms with Crippen LogP contribution < -0.4 is 9.46 Å². The summed E-state index contributed by atoms with van der Waals surface area (Å²) in [5, 5.41) is 8.66. The Hall–Kier alpha value is -3.30. The maximum absolute atomic E-state index is 12.6. The van der Waals surface area contributed by atoms with Gasteiger partial charge in [0.15, 0.2) is 0 Å². The van der Waals surface area contributed by atoms with Crippen LogP contribution in [0, 0.1) is 6.92 Å². The topological polar surface area (TPSA) is 94.3 Å². The van der Waals surface area contributed by atoms with Gasteiger partial charge in [-0.2, -0.15) is 0 Å². The Morgan fingerprint density at radius 1 is 0.938 bits per heavy atom. The zero-order valence-electron chi connectivity index (χ0n) is 17.5. The molecule has 0 aliphatic rings. The third-order valence-electron chi connectivity index (χ3n) is 4.64. The van der Waals surface area contributed by atoms with E-state index in [1.54, 1.807) is 36.4 Å². The average Bonchev–Trinajstić information content (AvgIpc) is 3.28. The Bertz CT molecular complexity index is 1280. The predicted octanol–water partition coefficient (Wildman–Crippen LogP) is 5.15. The fourth-order valence-corrected chi connectivity index (χ4v) is 4.64. The number of hydrogen-bond donors (Lipinski definition) is 1. The number of nitrogens with zero attached hydrogens (tertiary/aromatic N) is 2. The highest BCUT2D eigenvalue weighted by molar-refractivity contribution is 7.98. The minimum atomic E-state index is -3.71. The SMILES string of the molecule is COc1ccc(S(=O)(=O)Nc2ccc(-c3nnc(SCc4ccc(C)cc4)o3)cc2)cc1. The number of methoxy groups -OCH3 is 1. The van der Waals surface area contributed by atoms with Crippen LogP contribution in [0.1, 0.15) is 11.1 Å². The van der Waals surface area contributed by atoms with E-state index in [9.17, 15) is 8.42 Å². The standard InChI is InChI=1S/C23H21N3O4S2/c1-16-3-5-17(6-4-16)15-31-23-25-24-22(30-23)18-7-9-19(10-8-18)26-32(27,28)21-13-11-20(29-2)12-14-21/h3-14,26H,15H2,1-2H3. The molecule has 1 heterocycles. The first-order valence-corrected chi connectivity index (χ1v) is 12.2. The maximum atomic E-state index is 12.6. The van der Waals surface area contributed by atoms with Crippen LogP contribution in [0.3, 0.4) is 0 Å². The lowest BCUT2D eigenvalue weighted by molar-refractivity contribution is 0.414. The van der Waals surface area contributed by atoms with Gasteiger partial charge in [0.25, 0.3) is 15.2 Å². The van der Waals surface area contributed by atoms with Gasteiger partial charge in [-0.3, -0.25) is 4.72 Å². The summed E-state index contributed by atoms with van der Waals surface area (Å²) in [5.74, 6) is 1.69. The van der Waals surface area contributed by atoms with Gasteiger partial charge >= 0.3 is 0 Å². The van der Waals surface area contributed by atoms with Crippen LogP contribution in [0.25, 0.3) is 11.5 Å². The molecule has 4 rings (SSSR count). The first-order valence-electron chi connectivity index (χ1n) is 9.72. The molecule has 7 nitrogen and oxygen atoms in total. The number of sulfonamides is 1. The van der Waals surface area contributed by atoms with Crippen molar-refractivity contribution in [3.63, 3.8) is 0 Å². The second-order valence-electron chi connectivity index (χ2n) is 7.01. The molecule has 1 N–H and O–H groups in total. The van der Waals surface area contributed by atoms with Gasteiger partial charge in [0, 0.05) is 17.0 Å². The Balaban J connectivity index is 1.40. The molecule has 0 aliphatic heterocycles. The molecule has 0 saturated carbocycles. The van der Waals surface area contributed by atoms with E-state index in [0.717, 1.165) is 5.75 Å². The van der Waals surface area contributed by atoms with E-state index in [-0.39, 0.29) is 4.90 Å². The van der Waals surface area contributed by atoms with Crippen molar-refractivity contribution < 1.29 is 17.6 Å². The maximum Gasteiger partial charge on any atom is 0.277 e. The molecule has 32 heavy (non-hydrogen) atoms. The molecule has 0 unspecified atom stereocenters. The molecule has 0 radical (unpaired) electrons. The first kappa shape index (κ1) is 21.9. The van der Waals surface area contributed by atoms with E-state index in [4.69, 9.17) is 9.15 Å². The second-order valence-corrected chi connectivity index (χ2v) is 9.61. The Labute approximate surface area is 190 Å². The first-order chi connectivity index (χ1) is 15.4. The molecule has 3 aromatic carbocycles. The van der Waals surface area contributed by atoms with E-state index in [1.807, 2.05) is 0 Å². The summed E-state index contributed by atoms with van der Waals surface area (Å²) in [6.45, 7) is 2.05. The Morgan fingerprint density at radius 3 is 2.28 bits per heavy atom. The summed E-state index contributed by atoms with van der Waals surface area (Å²) in [5.41, 5.74) is 3.52. The van der Waals surface area contributed by atoms with E-state index >= 15 is 0 Å². The van der Waals surface area contributed by atoms with Gasteiger partial charge in [-0.1, -0.05) is 41.6 Å². The Kier molecular flexibility index (Phi) is 6.48. The molecular formula is C23H21N3O4S2. The molecule has 0 saturated heterocycles. The van der Waals surface area contributed by atoms with Crippen molar-refractivity contribution in [1.29, 1.82) is 0 Å². The summed E-state index contributed by atoms with van der Waals surface area (Å²) in [7, 11) is -2.18. The predicted molar refractivity (Wildman–Crippen MR) is 124 cm³/mol. The van der Waals surface area contributed by atoms with Crippen LogP contribution >= 0.6 is 11.8 Å². The van der Waals surface area contributed by atoms with Crippen molar-refractivity contribution in [2.75, 3.05) is 11.8 Å². The van der Waals surface area contributed by atoms with Crippen LogP contribution in [-0.2, 0) is 15.8 Å². The lowest BCUT2D eigenvalue weighted by Crippen LogP contribution is -2.12. The lowest BCUT2D eigenvalue weighted by atomic mass is 10.2. The van der Waals surface area contributed by atoms with E-state index in [0.29, 0.717) is 28.1 Å². The molecule has 0 spiro atoms. The number of benzene rings is 3. The third-order valence-corrected chi connectivity index (χ3v) is 6.93. The monoisotopic (exact) mass is 467 g/mol. The molecule has 0 fully saturated rings. The summed E-state index contributed by atoms with van der Waals surface area (Å²) >= 11 is 1.47. The highest BCUT2D eigenvalue weighted by atomic mass is 32.2. The number of anilines is 1. The van der Waals surface area contributed by atoms with Crippen molar-refractivity contribution in [2.45, 2.75) is 22.8 Å². The van der Waals surface area contributed by atoms with Crippen molar-refractivity contribution >= 4 is 27.5 Å². The molecule has 0 bridgehead atoms. The van der Waals surface area contributed by atoms with Gasteiger partial charge in [-0.15, -0.1) is 10.2 Å². The van der Waals surface area contributed by atoms with E-state index < -0.39 is 10.0 Å². The van der Waals surface area contributed by atoms with Gasteiger partial charge in [0.1, 0.15) is 5.75 Å². The van der Waals surface area contributed by atoms with Crippen LogP contribution in [0.15, 0.2) is 87.3 Å². The molecule has 164 valence electrons. The normalized spacial score (nSPS) is 11.3. The quantitative estimate of drug-likeness (QED) is 0.358. The van der Waals surface area contributed by atoms with Crippen LogP contribution in [0.2, 0.25) is 0 Å². The van der Waals surface area contributed by atoms with Gasteiger partial charge in [-0.05, 0) is 61.0 Å². The third kappa shape index (κ3) is 5.30. The molecule has 0 amide bonds. The number of hydrogen-bond acceptors (Lipinski definition) is 7. The number of thioether (sulfide) groups is 1. The number of rotatable bonds is 8. The number of aromatic nitrogens is 2. The lowest BCUT2D eigenvalue weighted by Gasteiger charge is -2.09. The summed E-state index contributed by atoms with van der Waals surface area (Å²) in [4.78, 5) is 0.148. The number of aryl methyl sites for hydroxylation is 1. The largest absolute Gasteiger partial charge is 0.497 e. The number of ether oxygens (including phenoxy) is 1. The minimum absolute atomic E-state index is 0.148. The smallest absolute Gasteiger partial charge is 0.277 e. The van der Waals surface area contributed by atoms with Crippen LogP contribution in [0.5, 0.6) is 5.75 Å². The van der Waals surface area contributed by atoms with Crippen molar-refractivity contribution in [1.82, 2.24) is 10.2 Å². The summed E-state index contributed by atoms with van der Waals surface area (Å²) in [6, 6.07) is 21.2. The zero-order chi connectivity index (χ0) is 22.6. The number of nitrogens with one attached hydrogen (secondary N) is 1. The van der Waals surface area contributed by atoms with Gasteiger partial charge < -0.3 is 9.15 Å².